The third kappa shape index (κ3) is 3.77. The summed E-state index contributed by atoms with van der Waals surface area (Å²) in [5, 5.41) is 2.79. The first-order chi connectivity index (χ1) is 12.6. The molecule has 2 aromatic rings. The number of piperazine rings is 1. The predicted molar refractivity (Wildman–Crippen MR) is 98.3 cm³/mol. The molecule has 0 atom stereocenters. The molecule has 0 spiro atoms. The summed E-state index contributed by atoms with van der Waals surface area (Å²) in [4.78, 5) is 33.1. The summed E-state index contributed by atoms with van der Waals surface area (Å²) in [5.41, 5.74) is 1.37. The van der Waals surface area contributed by atoms with Gasteiger partial charge in [0.05, 0.1) is 11.8 Å². The molecule has 7 heteroatoms. The van der Waals surface area contributed by atoms with Gasteiger partial charge in [-0.25, -0.2) is 4.98 Å². The van der Waals surface area contributed by atoms with Gasteiger partial charge < -0.3 is 19.5 Å². The molecule has 0 bridgehead atoms. The third-order valence-corrected chi connectivity index (χ3v) is 4.26. The topological polar surface area (TPSA) is 78.7 Å². The summed E-state index contributed by atoms with van der Waals surface area (Å²) < 4.78 is 5.19. The van der Waals surface area contributed by atoms with Crippen molar-refractivity contribution in [2.24, 2.45) is 0 Å². The van der Waals surface area contributed by atoms with Crippen molar-refractivity contribution in [3.8, 4) is 0 Å². The Labute approximate surface area is 152 Å². The maximum atomic E-state index is 12.4. The lowest BCUT2D eigenvalue weighted by molar-refractivity contribution is 0.0713. The number of aromatic nitrogens is 1. The van der Waals surface area contributed by atoms with E-state index in [1.165, 1.54) is 6.26 Å². The SMILES string of the molecule is C=CCNC(=O)c1ccc(C)nc1N1CCN(C(=O)c2ccco2)CC1. The van der Waals surface area contributed by atoms with E-state index in [4.69, 9.17) is 4.42 Å². The van der Waals surface area contributed by atoms with E-state index < -0.39 is 0 Å². The van der Waals surface area contributed by atoms with Crippen LogP contribution in [-0.4, -0.2) is 54.4 Å². The summed E-state index contributed by atoms with van der Waals surface area (Å²) in [6, 6.07) is 6.98. The van der Waals surface area contributed by atoms with Crippen molar-refractivity contribution in [2.45, 2.75) is 6.92 Å². The average molecular weight is 354 g/mol. The molecule has 1 aliphatic rings. The fourth-order valence-electron chi connectivity index (χ4n) is 2.90. The van der Waals surface area contributed by atoms with Crippen LogP contribution in [0.25, 0.3) is 0 Å². The zero-order chi connectivity index (χ0) is 18.5. The Balaban J connectivity index is 1.72. The molecule has 0 saturated carbocycles. The van der Waals surface area contributed by atoms with Crippen LogP contribution in [0.15, 0.2) is 47.6 Å². The van der Waals surface area contributed by atoms with Gasteiger partial charge in [0, 0.05) is 38.4 Å². The second-order valence-corrected chi connectivity index (χ2v) is 6.08. The summed E-state index contributed by atoms with van der Waals surface area (Å²) in [6.45, 7) is 8.20. The molecule has 136 valence electrons. The highest BCUT2D eigenvalue weighted by Crippen LogP contribution is 2.21. The highest BCUT2D eigenvalue weighted by molar-refractivity contribution is 5.99. The van der Waals surface area contributed by atoms with Gasteiger partial charge in [0.1, 0.15) is 5.82 Å². The lowest BCUT2D eigenvalue weighted by Crippen LogP contribution is -2.49. The highest BCUT2D eigenvalue weighted by atomic mass is 16.3. The molecule has 0 aliphatic carbocycles. The largest absolute Gasteiger partial charge is 0.459 e. The van der Waals surface area contributed by atoms with Crippen LogP contribution in [0.5, 0.6) is 0 Å². The van der Waals surface area contributed by atoms with E-state index in [0.717, 1.165) is 5.69 Å². The Morgan fingerprint density at radius 1 is 1.27 bits per heavy atom. The van der Waals surface area contributed by atoms with Crippen LogP contribution in [0.4, 0.5) is 5.82 Å². The van der Waals surface area contributed by atoms with Crippen molar-refractivity contribution in [3.05, 3.63) is 60.2 Å². The van der Waals surface area contributed by atoms with E-state index in [0.29, 0.717) is 49.9 Å². The minimum absolute atomic E-state index is 0.115. The van der Waals surface area contributed by atoms with Crippen LogP contribution in [0.1, 0.15) is 26.6 Å². The van der Waals surface area contributed by atoms with E-state index in [9.17, 15) is 9.59 Å². The number of hydrogen-bond donors (Lipinski definition) is 1. The molecule has 0 aromatic carbocycles. The summed E-state index contributed by atoms with van der Waals surface area (Å²) >= 11 is 0. The van der Waals surface area contributed by atoms with Gasteiger partial charge in [0.25, 0.3) is 11.8 Å². The standard InChI is InChI=1S/C19H22N4O3/c1-3-8-20-18(24)15-7-6-14(2)21-17(15)22-9-11-23(12-10-22)19(25)16-5-4-13-26-16/h3-7,13H,1,8-12H2,2H3,(H,20,24). The van der Waals surface area contributed by atoms with Crippen LogP contribution >= 0.6 is 0 Å². The molecule has 1 aliphatic heterocycles. The number of aryl methyl sites for hydroxylation is 1. The van der Waals surface area contributed by atoms with Gasteiger partial charge in [-0.3, -0.25) is 9.59 Å². The Bertz CT molecular complexity index is 793. The van der Waals surface area contributed by atoms with Gasteiger partial charge in [0.2, 0.25) is 0 Å². The van der Waals surface area contributed by atoms with E-state index in [1.54, 1.807) is 29.2 Å². The van der Waals surface area contributed by atoms with Crippen LogP contribution in [0.3, 0.4) is 0 Å². The zero-order valence-electron chi connectivity index (χ0n) is 14.8. The number of amides is 2. The van der Waals surface area contributed by atoms with Gasteiger partial charge >= 0.3 is 0 Å². The molecule has 3 heterocycles. The van der Waals surface area contributed by atoms with Crippen molar-refractivity contribution in [1.82, 2.24) is 15.2 Å². The Morgan fingerprint density at radius 3 is 2.69 bits per heavy atom. The van der Waals surface area contributed by atoms with Gasteiger partial charge in [-0.05, 0) is 31.2 Å². The lowest BCUT2D eigenvalue weighted by atomic mass is 10.2. The van der Waals surface area contributed by atoms with E-state index >= 15 is 0 Å². The molecule has 26 heavy (non-hydrogen) atoms. The second-order valence-electron chi connectivity index (χ2n) is 6.08. The number of nitrogens with one attached hydrogen (secondary N) is 1. The fraction of sp³-hybridized carbons (Fsp3) is 0.316. The number of anilines is 1. The smallest absolute Gasteiger partial charge is 0.289 e. The van der Waals surface area contributed by atoms with E-state index in [2.05, 4.69) is 16.9 Å². The molecule has 2 aromatic heterocycles. The molecule has 1 N–H and O–H groups in total. The Kier molecular flexibility index (Phi) is 5.36. The van der Waals surface area contributed by atoms with Crippen molar-refractivity contribution in [1.29, 1.82) is 0 Å². The van der Waals surface area contributed by atoms with Gasteiger partial charge in [-0.2, -0.15) is 0 Å². The van der Waals surface area contributed by atoms with Gasteiger partial charge in [-0.15, -0.1) is 6.58 Å². The normalized spacial score (nSPS) is 14.2. The minimum atomic E-state index is -0.179. The van der Waals surface area contributed by atoms with Crippen LogP contribution in [-0.2, 0) is 0 Å². The quantitative estimate of drug-likeness (QED) is 0.829. The molecule has 3 rings (SSSR count). The Morgan fingerprint density at radius 2 is 2.04 bits per heavy atom. The molecule has 0 radical (unpaired) electrons. The van der Waals surface area contributed by atoms with E-state index in [-0.39, 0.29) is 11.8 Å². The number of pyridine rings is 1. The van der Waals surface area contributed by atoms with Gasteiger partial charge in [0.15, 0.2) is 5.76 Å². The monoisotopic (exact) mass is 354 g/mol. The lowest BCUT2D eigenvalue weighted by Gasteiger charge is -2.35. The number of nitrogens with zero attached hydrogens (tertiary/aromatic N) is 3. The maximum absolute atomic E-state index is 12.4. The molecular weight excluding hydrogens is 332 g/mol. The Hall–Kier alpha value is -3.09. The predicted octanol–water partition coefficient (Wildman–Crippen LogP) is 1.86. The number of rotatable bonds is 5. The van der Waals surface area contributed by atoms with Crippen LogP contribution in [0, 0.1) is 6.92 Å². The maximum Gasteiger partial charge on any atom is 0.289 e. The highest BCUT2D eigenvalue weighted by Gasteiger charge is 2.26. The fourth-order valence-corrected chi connectivity index (χ4v) is 2.90. The minimum Gasteiger partial charge on any atom is -0.459 e. The number of carbonyl (C=O) groups excluding carboxylic acids is 2. The average Bonchev–Trinajstić information content (AvgIpc) is 3.20. The first-order valence-corrected chi connectivity index (χ1v) is 8.54. The molecule has 1 saturated heterocycles. The molecule has 7 nitrogen and oxygen atoms in total. The van der Waals surface area contributed by atoms with Crippen molar-refractivity contribution >= 4 is 17.6 Å². The second kappa shape index (κ2) is 7.86. The van der Waals surface area contributed by atoms with E-state index in [1.807, 2.05) is 17.9 Å². The van der Waals surface area contributed by atoms with Crippen molar-refractivity contribution in [3.63, 3.8) is 0 Å². The van der Waals surface area contributed by atoms with Crippen LogP contribution in [0.2, 0.25) is 0 Å². The first kappa shape index (κ1) is 17.7. The molecule has 0 unspecified atom stereocenters. The molecule has 1 fully saturated rings. The summed E-state index contributed by atoms with van der Waals surface area (Å²) in [7, 11) is 0. The zero-order valence-corrected chi connectivity index (χ0v) is 14.8. The van der Waals surface area contributed by atoms with Crippen LogP contribution < -0.4 is 10.2 Å². The molecule has 2 amide bonds. The van der Waals surface area contributed by atoms with Crippen molar-refractivity contribution in [2.75, 3.05) is 37.6 Å². The van der Waals surface area contributed by atoms with Crippen molar-refractivity contribution < 1.29 is 14.0 Å². The third-order valence-electron chi connectivity index (χ3n) is 4.26. The first-order valence-electron chi connectivity index (χ1n) is 8.54. The summed E-state index contributed by atoms with van der Waals surface area (Å²) in [6.07, 6.45) is 3.13. The number of hydrogen-bond acceptors (Lipinski definition) is 5. The number of furan rings is 1. The number of carbonyl (C=O) groups is 2. The summed E-state index contributed by atoms with van der Waals surface area (Å²) in [5.74, 6) is 0.700. The van der Waals surface area contributed by atoms with Gasteiger partial charge in [-0.1, -0.05) is 6.08 Å². The molecular formula is C19H22N4O3.